The van der Waals surface area contributed by atoms with Crippen LogP contribution in [0.3, 0.4) is 0 Å². The number of halogens is 1. The van der Waals surface area contributed by atoms with Crippen molar-refractivity contribution in [1.82, 2.24) is 5.32 Å². The number of hydrogen-bond donors (Lipinski definition) is 3. The van der Waals surface area contributed by atoms with Crippen molar-refractivity contribution in [3.63, 3.8) is 0 Å². The van der Waals surface area contributed by atoms with Crippen molar-refractivity contribution in [1.29, 1.82) is 0 Å². The van der Waals surface area contributed by atoms with Gasteiger partial charge < -0.3 is 16.4 Å². The molecule has 7 heteroatoms. The van der Waals surface area contributed by atoms with E-state index < -0.39 is 17.2 Å². The molecule has 0 unspecified atom stereocenters. The van der Waals surface area contributed by atoms with Gasteiger partial charge in [-0.2, -0.15) is 0 Å². The van der Waals surface area contributed by atoms with Gasteiger partial charge in [-0.1, -0.05) is 24.6 Å². The van der Waals surface area contributed by atoms with Gasteiger partial charge in [-0.05, 0) is 48.7 Å². The standard InChI is InChI=1S/C20H20FN3O3/c21-15-7-5-14(6-8-15)20(9-2-10-20)19(27)24-16-4-1-3-13(11-16)18(26)23-12-17(22)25/h1,3-8,11H,2,9-10,12H2,(H2,22,25)(H,23,26)(H,24,27). The van der Waals surface area contributed by atoms with Crippen LogP contribution in [-0.2, 0) is 15.0 Å². The number of benzene rings is 2. The summed E-state index contributed by atoms with van der Waals surface area (Å²) in [6.45, 7) is -0.261. The van der Waals surface area contributed by atoms with Crippen molar-refractivity contribution in [2.24, 2.45) is 5.73 Å². The van der Waals surface area contributed by atoms with Gasteiger partial charge in [0.05, 0.1) is 12.0 Å². The number of primary amides is 1. The number of rotatable bonds is 6. The zero-order valence-electron chi connectivity index (χ0n) is 14.6. The predicted octanol–water partition coefficient (Wildman–Crippen LogP) is 2.10. The molecule has 0 radical (unpaired) electrons. The lowest BCUT2D eigenvalue weighted by Crippen LogP contribution is -2.46. The molecule has 0 heterocycles. The van der Waals surface area contributed by atoms with Gasteiger partial charge in [-0.3, -0.25) is 14.4 Å². The minimum Gasteiger partial charge on any atom is -0.368 e. The molecule has 27 heavy (non-hydrogen) atoms. The summed E-state index contributed by atoms with van der Waals surface area (Å²) >= 11 is 0. The van der Waals surface area contributed by atoms with Crippen molar-refractivity contribution in [2.75, 3.05) is 11.9 Å². The Balaban J connectivity index is 1.75. The molecule has 1 saturated carbocycles. The molecule has 2 aromatic rings. The maximum absolute atomic E-state index is 13.2. The van der Waals surface area contributed by atoms with E-state index in [1.165, 1.54) is 18.2 Å². The third-order valence-corrected chi connectivity index (χ3v) is 4.84. The second kappa shape index (κ2) is 7.57. The minimum atomic E-state index is -0.683. The van der Waals surface area contributed by atoms with Crippen LogP contribution in [0.2, 0.25) is 0 Å². The van der Waals surface area contributed by atoms with Crippen molar-refractivity contribution in [3.05, 3.63) is 65.5 Å². The smallest absolute Gasteiger partial charge is 0.251 e. The van der Waals surface area contributed by atoms with Crippen molar-refractivity contribution in [2.45, 2.75) is 24.7 Å². The van der Waals surface area contributed by atoms with Crippen molar-refractivity contribution in [3.8, 4) is 0 Å². The van der Waals surface area contributed by atoms with E-state index in [1.54, 1.807) is 30.3 Å². The Labute approximate surface area is 155 Å². The molecule has 6 nitrogen and oxygen atoms in total. The first-order valence-corrected chi connectivity index (χ1v) is 8.65. The van der Waals surface area contributed by atoms with Gasteiger partial charge in [-0.25, -0.2) is 4.39 Å². The molecule has 0 aliphatic heterocycles. The second-order valence-electron chi connectivity index (χ2n) is 6.63. The normalized spacial score (nSPS) is 14.7. The van der Waals surface area contributed by atoms with Crippen molar-refractivity contribution >= 4 is 23.4 Å². The molecule has 4 N–H and O–H groups in total. The van der Waals surface area contributed by atoms with Crippen LogP contribution in [-0.4, -0.2) is 24.3 Å². The highest BCUT2D eigenvalue weighted by atomic mass is 19.1. The highest BCUT2D eigenvalue weighted by molar-refractivity contribution is 6.02. The van der Waals surface area contributed by atoms with Gasteiger partial charge in [-0.15, -0.1) is 0 Å². The van der Waals surface area contributed by atoms with Crippen LogP contribution in [0.4, 0.5) is 10.1 Å². The monoisotopic (exact) mass is 369 g/mol. The van der Waals surface area contributed by atoms with E-state index in [9.17, 15) is 18.8 Å². The van der Waals surface area contributed by atoms with Gasteiger partial charge in [0.25, 0.3) is 5.91 Å². The molecule has 0 spiro atoms. The molecule has 1 fully saturated rings. The number of amides is 3. The van der Waals surface area contributed by atoms with Crippen LogP contribution in [0.1, 0.15) is 35.2 Å². The second-order valence-corrected chi connectivity index (χ2v) is 6.63. The molecule has 140 valence electrons. The summed E-state index contributed by atoms with van der Waals surface area (Å²) in [6.07, 6.45) is 2.28. The predicted molar refractivity (Wildman–Crippen MR) is 98.5 cm³/mol. The molecular formula is C20H20FN3O3. The molecule has 2 aromatic carbocycles. The summed E-state index contributed by atoms with van der Waals surface area (Å²) in [7, 11) is 0. The number of anilines is 1. The molecule has 0 aromatic heterocycles. The summed E-state index contributed by atoms with van der Waals surface area (Å²) in [5.41, 5.74) is 5.89. The molecule has 1 aliphatic carbocycles. The maximum atomic E-state index is 13.2. The van der Waals surface area contributed by atoms with E-state index in [0.717, 1.165) is 12.0 Å². The zero-order valence-corrected chi connectivity index (χ0v) is 14.6. The molecule has 1 aliphatic rings. The number of carbonyl (C=O) groups is 3. The number of hydrogen-bond acceptors (Lipinski definition) is 3. The lowest BCUT2D eigenvalue weighted by Gasteiger charge is -2.40. The van der Waals surface area contributed by atoms with Crippen LogP contribution in [0.5, 0.6) is 0 Å². The van der Waals surface area contributed by atoms with Gasteiger partial charge in [0.1, 0.15) is 5.82 Å². The minimum absolute atomic E-state index is 0.185. The van der Waals surface area contributed by atoms with Crippen LogP contribution in [0.15, 0.2) is 48.5 Å². The van der Waals surface area contributed by atoms with E-state index >= 15 is 0 Å². The Morgan fingerprint density at radius 2 is 1.78 bits per heavy atom. The molecule has 3 amide bonds. The van der Waals surface area contributed by atoms with E-state index in [-0.39, 0.29) is 18.3 Å². The Morgan fingerprint density at radius 3 is 2.37 bits per heavy atom. The summed E-state index contributed by atoms with van der Waals surface area (Å²) in [5, 5.41) is 5.25. The van der Waals surface area contributed by atoms with Gasteiger partial charge in [0.2, 0.25) is 11.8 Å². The lowest BCUT2D eigenvalue weighted by atomic mass is 9.64. The van der Waals surface area contributed by atoms with Crippen LogP contribution < -0.4 is 16.4 Å². The Kier molecular flexibility index (Phi) is 5.21. The molecule has 0 atom stereocenters. The molecular weight excluding hydrogens is 349 g/mol. The van der Waals surface area contributed by atoms with Crippen LogP contribution in [0, 0.1) is 5.82 Å². The summed E-state index contributed by atoms with van der Waals surface area (Å²) in [5.74, 6) is -1.63. The first kappa shape index (κ1) is 18.6. The van der Waals surface area contributed by atoms with Gasteiger partial charge in [0, 0.05) is 11.3 Å². The van der Waals surface area contributed by atoms with Crippen LogP contribution in [0.25, 0.3) is 0 Å². The highest BCUT2D eigenvalue weighted by Crippen LogP contribution is 2.44. The fraction of sp³-hybridized carbons (Fsp3) is 0.250. The van der Waals surface area contributed by atoms with Gasteiger partial charge in [0.15, 0.2) is 0 Å². The van der Waals surface area contributed by atoms with E-state index in [1.807, 2.05) is 0 Å². The Morgan fingerprint density at radius 1 is 1.07 bits per heavy atom. The van der Waals surface area contributed by atoms with E-state index in [4.69, 9.17) is 5.73 Å². The average molecular weight is 369 g/mol. The average Bonchev–Trinajstić information content (AvgIpc) is 2.60. The zero-order chi connectivity index (χ0) is 19.4. The third kappa shape index (κ3) is 3.97. The lowest BCUT2D eigenvalue weighted by molar-refractivity contribution is -0.124. The number of nitrogens with two attached hydrogens (primary N) is 1. The fourth-order valence-corrected chi connectivity index (χ4v) is 3.20. The van der Waals surface area contributed by atoms with Gasteiger partial charge >= 0.3 is 0 Å². The Hall–Kier alpha value is -3.22. The van der Waals surface area contributed by atoms with Crippen LogP contribution >= 0.6 is 0 Å². The van der Waals surface area contributed by atoms with Crippen molar-refractivity contribution < 1.29 is 18.8 Å². The summed E-state index contributed by atoms with van der Waals surface area (Å²) < 4.78 is 13.2. The number of nitrogens with one attached hydrogen (secondary N) is 2. The third-order valence-electron chi connectivity index (χ3n) is 4.84. The molecule has 0 bridgehead atoms. The highest BCUT2D eigenvalue weighted by Gasteiger charge is 2.45. The topological polar surface area (TPSA) is 101 Å². The first-order chi connectivity index (χ1) is 12.9. The maximum Gasteiger partial charge on any atom is 0.251 e. The van der Waals surface area contributed by atoms with E-state index in [2.05, 4.69) is 10.6 Å². The fourth-order valence-electron chi connectivity index (χ4n) is 3.20. The largest absolute Gasteiger partial charge is 0.368 e. The summed E-state index contributed by atoms with van der Waals surface area (Å²) in [4.78, 5) is 35.7. The molecule has 0 saturated heterocycles. The SMILES string of the molecule is NC(=O)CNC(=O)c1cccc(NC(=O)C2(c3ccc(F)cc3)CCC2)c1. The molecule has 3 rings (SSSR count). The quantitative estimate of drug-likeness (QED) is 0.727. The Bertz CT molecular complexity index is 876. The number of carbonyl (C=O) groups excluding carboxylic acids is 3. The summed E-state index contributed by atoms with van der Waals surface area (Å²) in [6, 6.07) is 12.4. The van der Waals surface area contributed by atoms with E-state index in [0.29, 0.717) is 24.1 Å². The first-order valence-electron chi connectivity index (χ1n) is 8.65.